The summed E-state index contributed by atoms with van der Waals surface area (Å²) in [6.45, 7) is 6.68. The lowest BCUT2D eigenvalue weighted by atomic mass is 10.0. The summed E-state index contributed by atoms with van der Waals surface area (Å²) in [6, 6.07) is 0. The van der Waals surface area contributed by atoms with Crippen molar-refractivity contribution < 1.29 is 28.6 Å². The maximum absolute atomic E-state index is 13.0. The molecule has 1 unspecified atom stereocenters. The molecule has 0 spiro atoms. The Morgan fingerprint density at radius 1 is 0.247 bits per heavy atom. The summed E-state index contributed by atoms with van der Waals surface area (Å²) in [7, 11) is 0. The molecule has 0 aliphatic heterocycles. The van der Waals surface area contributed by atoms with E-state index in [9.17, 15) is 14.4 Å². The highest BCUT2D eigenvalue weighted by Gasteiger charge is 2.19. The minimum Gasteiger partial charge on any atom is -0.462 e. The van der Waals surface area contributed by atoms with Gasteiger partial charge in [-0.25, -0.2) is 0 Å². The largest absolute Gasteiger partial charge is 0.462 e. The van der Waals surface area contributed by atoms with Crippen LogP contribution in [0.2, 0.25) is 0 Å². The molecular weight excluding hydrogens is 997 g/mol. The van der Waals surface area contributed by atoms with Gasteiger partial charge in [-0.3, -0.25) is 14.4 Å². The number of allylic oxidation sites excluding steroid dienone is 8. The van der Waals surface area contributed by atoms with Crippen LogP contribution >= 0.6 is 0 Å². The normalized spacial score (nSPS) is 12.3. The Hall–Kier alpha value is -2.63. The first-order chi connectivity index (χ1) is 40.0. The zero-order valence-corrected chi connectivity index (χ0v) is 54.6. The van der Waals surface area contributed by atoms with Crippen LogP contribution < -0.4 is 0 Å². The Morgan fingerprint density at radius 2 is 0.444 bits per heavy atom. The second-order valence-corrected chi connectivity index (χ2v) is 24.5. The number of esters is 3. The van der Waals surface area contributed by atoms with Crippen molar-refractivity contribution >= 4 is 17.9 Å². The molecule has 0 aromatic carbocycles. The van der Waals surface area contributed by atoms with Crippen LogP contribution in [0.25, 0.3) is 0 Å². The zero-order chi connectivity index (χ0) is 58.5. The monoisotopic (exact) mass is 1140 g/mol. The quantitative estimate of drug-likeness (QED) is 0.0261. The van der Waals surface area contributed by atoms with Gasteiger partial charge >= 0.3 is 17.9 Å². The van der Waals surface area contributed by atoms with Crippen molar-refractivity contribution in [3.05, 3.63) is 48.6 Å². The zero-order valence-electron chi connectivity index (χ0n) is 54.6. The standard InChI is InChI=1S/C75H138O6/c1-4-7-10-13-16-19-22-25-28-31-34-35-36-37-38-39-40-41-42-45-47-50-53-56-59-62-65-68-74(77)80-71-72(81-75(78)69-66-63-60-57-54-51-48-44-33-30-27-24-21-18-15-12-9-6-3)70-79-73(76)67-64-61-58-55-52-49-46-43-32-29-26-23-20-17-14-11-8-5-2/h21,24,29-34,72H,4-20,22-23,25-28,35-71H2,1-3H3/b24-21-,32-29-,33-30-,34-31-. The van der Waals surface area contributed by atoms with Gasteiger partial charge < -0.3 is 14.2 Å². The summed E-state index contributed by atoms with van der Waals surface area (Å²) in [6.07, 6.45) is 88.5. The van der Waals surface area contributed by atoms with Crippen LogP contribution in [0.4, 0.5) is 0 Å². The summed E-state index contributed by atoms with van der Waals surface area (Å²) in [5.41, 5.74) is 0. The Morgan fingerprint density at radius 3 is 0.704 bits per heavy atom. The fourth-order valence-corrected chi connectivity index (χ4v) is 10.8. The van der Waals surface area contributed by atoms with Crippen molar-refractivity contribution in [3.8, 4) is 0 Å². The van der Waals surface area contributed by atoms with Crippen molar-refractivity contribution in [3.63, 3.8) is 0 Å². The molecule has 81 heavy (non-hydrogen) atoms. The van der Waals surface area contributed by atoms with Gasteiger partial charge in [0.2, 0.25) is 0 Å². The highest BCUT2D eigenvalue weighted by Crippen LogP contribution is 2.18. The van der Waals surface area contributed by atoms with Gasteiger partial charge in [0.05, 0.1) is 0 Å². The maximum atomic E-state index is 13.0. The van der Waals surface area contributed by atoms with E-state index >= 15 is 0 Å². The van der Waals surface area contributed by atoms with Gasteiger partial charge in [-0.15, -0.1) is 0 Å². The molecule has 6 nitrogen and oxygen atoms in total. The Balaban J connectivity index is 4.28. The fraction of sp³-hybridized carbons (Fsp3) is 0.853. The van der Waals surface area contributed by atoms with Crippen LogP contribution in [0.15, 0.2) is 48.6 Å². The first-order valence-electron chi connectivity index (χ1n) is 36.1. The molecule has 0 bridgehead atoms. The molecule has 0 rings (SSSR count). The molecule has 6 heteroatoms. The molecule has 1 atom stereocenters. The SMILES string of the molecule is CCCCCC/C=C\C/C=C\CCCCCCCCCC(=O)OC(COC(=O)CCCCCCCCC/C=C\CCCCCCCCC)COC(=O)CCCCCCCCCCCCCCCCC/C=C\CCCCCCCCCC. The van der Waals surface area contributed by atoms with Gasteiger partial charge in [0.25, 0.3) is 0 Å². The third-order valence-electron chi connectivity index (χ3n) is 16.3. The van der Waals surface area contributed by atoms with E-state index in [1.54, 1.807) is 0 Å². The lowest BCUT2D eigenvalue weighted by Crippen LogP contribution is -2.30. The first-order valence-corrected chi connectivity index (χ1v) is 36.1. The van der Waals surface area contributed by atoms with E-state index in [4.69, 9.17) is 14.2 Å². The average Bonchev–Trinajstić information content (AvgIpc) is 3.47. The van der Waals surface area contributed by atoms with Crippen molar-refractivity contribution in [2.45, 2.75) is 399 Å². The van der Waals surface area contributed by atoms with Crippen LogP contribution in [0.5, 0.6) is 0 Å². The molecular formula is C75H138O6. The van der Waals surface area contributed by atoms with Crippen LogP contribution in [0, 0.1) is 0 Å². The van der Waals surface area contributed by atoms with Crippen molar-refractivity contribution in [1.29, 1.82) is 0 Å². The molecule has 0 aliphatic carbocycles. The Labute approximate surface area is 505 Å². The van der Waals surface area contributed by atoms with E-state index in [1.165, 1.54) is 283 Å². The molecule has 0 aromatic heterocycles. The molecule has 0 fully saturated rings. The van der Waals surface area contributed by atoms with Crippen molar-refractivity contribution in [2.75, 3.05) is 13.2 Å². The topological polar surface area (TPSA) is 78.9 Å². The van der Waals surface area contributed by atoms with Gasteiger partial charge in [-0.1, -0.05) is 320 Å². The van der Waals surface area contributed by atoms with Crippen molar-refractivity contribution in [2.24, 2.45) is 0 Å². The van der Waals surface area contributed by atoms with E-state index in [-0.39, 0.29) is 31.1 Å². The van der Waals surface area contributed by atoms with Gasteiger partial charge in [0.15, 0.2) is 6.10 Å². The second-order valence-electron chi connectivity index (χ2n) is 24.5. The molecule has 474 valence electrons. The first kappa shape index (κ1) is 78.4. The van der Waals surface area contributed by atoms with E-state index in [0.717, 1.165) is 70.6 Å². The summed E-state index contributed by atoms with van der Waals surface area (Å²) >= 11 is 0. The summed E-state index contributed by atoms with van der Waals surface area (Å²) in [5.74, 6) is -0.860. The number of ether oxygens (including phenoxy) is 3. The molecule has 0 N–H and O–H groups in total. The highest BCUT2D eigenvalue weighted by atomic mass is 16.6. The van der Waals surface area contributed by atoms with Crippen LogP contribution in [-0.4, -0.2) is 37.2 Å². The van der Waals surface area contributed by atoms with E-state index < -0.39 is 6.10 Å². The molecule has 0 aromatic rings. The number of carbonyl (C=O) groups is 3. The van der Waals surface area contributed by atoms with Crippen LogP contribution in [0.1, 0.15) is 393 Å². The third-order valence-corrected chi connectivity index (χ3v) is 16.3. The summed E-state index contributed by atoms with van der Waals surface area (Å²) < 4.78 is 17.0. The number of carbonyl (C=O) groups excluding carboxylic acids is 3. The van der Waals surface area contributed by atoms with Crippen LogP contribution in [0.3, 0.4) is 0 Å². The van der Waals surface area contributed by atoms with Crippen LogP contribution in [-0.2, 0) is 28.6 Å². The Kier molecular flexibility index (Phi) is 67.6. The van der Waals surface area contributed by atoms with Gasteiger partial charge in [-0.05, 0) is 103 Å². The van der Waals surface area contributed by atoms with E-state index in [0.29, 0.717) is 19.3 Å². The Bertz CT molecular complexity index is 1400. The van der Waals surface area contributed by atoms with Gasteiger partial charge in [0, 0.05) is 19.3 Å². The lowest BCUT2D eigenvalue weighted by molar-refractivity contribution is -0.167. The lowest BCUT2D eigenvalue weighted by Gasteiger charge is -2.18. The molecule has 0 saturated carbocycles. The highest BCUT2D eigenvalue weighted by molar-refractivity contribution is 5.71. The van der Waals surface area contributed by atoms with E-state index in [1.807, 2.05) is 0 Å². The van der Waals surface area contributed by atoms with Gasteiger partial charge in [0.1, 0.15) is 13.2 Å². The summed E-state index contributed by atoms with van der Waals surface area (Å²) in [4.78, 5) is 38.5. The third kappa shape index (κ3) is 68.0. The molecule has 0 radical (unpaired) electrons. The minimum absolute atomic E-state index is 0.0742. The number of hydrogen-bond acceptors (Lipinski definition) is 6. The molecule has 0 aliphatic rings. The fourth-order valence-electron chi connectivity index (χ4n) is 10.8. The summed E-state index contributed by atoms with van der Waals surface area (Å²) in [5, 5.41) is 0. The predicted molar refractivity (Wildman–Crippen MR) is 353 cm³/mol. The second kappa shape index (κ2) is 69.9. The molecule has 0 amide bonds. The van der Waals surface area contributed by atoms with Gasteiger partial charge in [-0.2, -0.15) is 0 Å². The predicted octanol–water partition coefficient (Wildman–Crippen LogP) is 24.9. The number of hydrogen-bond donors (Lipinski definition) is 0. The molecule has 0 saturated heterocycles. The smallest absolute Gasteiger partial charge is 0.306 e. The number of rotatable bonds is 67. The molecule has 0 heterocycles. The minimum atomic E-state index is -0.780. The number of unbranched alkanes of at least 4 members (excludes halogenated alkanes) is 48. The average molecular weight is 1140 g/mol. The van der Waals surface area contributed by atoms with E-state index in [2.05, 4.69) is 69.4 Å². The maximum Gasteiger partial charge on any atom is 0.306 e. The van der Waals surface area contributed by atoms with Crippen molar-refractivity contribution in [1.82, 2.24) is 0 Å².